The van der Waals surface area contributed by atoms with E-state index in [9.17, 15) is 0 Å². The molecule has 2 fully saturated rings. The third kappa shape index (κ3) is 4.08. The maximum Gasteiger partial charge on any atom is 0.0410 e. The number of nitrogens with zero attached hydrogens (tertiary/aromatic N) is 2. The molecule has 1 aliphatic heterocycles. The van der Waals surface area contributed by atoms with Gasteiger partial charge in [0.1, 0.15) is 0 Å². The van der Waals surface area contributed by atoms with E-state index >= 15 is 0 Å². The lowest BCUT2D eigenvalue weighted by molar-refractivity contribution is 0.0834. The minimum atomic E-state index is 0. The number of hydrogen-bond donors (Lipinski definition) is 1. The van der Waals surface area contributed by atoms with Gasteiger partial charge in [0.2, 0.25) is 0 Å². The summed E-state index contributed by atoms with van der Waals surface area (Å²) in [7, 11) is 0. The van der Waals surface area contributed by atoms with Crippen LogP contribution in [0, 0.1) is 5.92 Å². The predicted molar refractivity (Wildman–Crippen MR) is 91.0 cm³/mol. The van der Waals surface area contributed by atoms with Gasteiger partial charge in [-0.15, -0.1) is 24.8 Å². The van der Waals surface area contributed by atoms with Gasteiger partial charge < -0.3 is 5.32 Å². The number of pyridine rings is 1. The molecule has 3 nitrogen and oxygen atoms in total. The van der Waals surface area contributed by atoms with Gasteiger partial charge in [0.15, 0.2) is 0 Å². The van der Waals surface area contributed by atoms with Gasteiger partial charge in [0.25, 0.3) is 0 Å². The van der Waals surface area contributed by atoms with E-state index in [1.165, 1.54) is 24.8 Å². The summed E-state index contributed by atoms with van der Waals surface area (Å²) in [6, 6.07) is 2.82. The Kier molecular flexibility index (Phi) is 7.77. The molecule has 1 atom stereocenters. The van der Waals surface area contributed by atoms with Crippen molar-refractivity contribution in [3.63, 3.8) is 0 Å². The molecule has 0 bridgehead atoms. The summed E-state index contributed by atoms with van der Waals surface area (Å²) in [4.78, 5) is 6.99. The Morgan fingerprint density at radius 2 is 1.90 bits per heavy atom. The van der Waals surface area contributed by atoms with Crippen LogP contribution in [0.25, 0.3) is 0 Å². The number of aromatic nitrogens is 1. The van der Waals surface area contributed by atoms with Crippen LogP contribution in [0.1, 0.15) is 30.9 Å². The van der Waals surface area contributed by atoms with Crippen molar-refractivity contribution >= 4 is 40.7 Å². The molecule has 2 aliphatic rings. The summed E-state index contributed by atoms with van der Waals surface area (Å²) in [6.45, 7) is 4.55. The highest BCUT2D eigenvalue weighted by Crippen LogP contribution is 2.41. The molecule has 114 valence electrons. The Morgan fingerprint density at radius 1 is 1.20 bits per heavy atom. The Bertz CT molecular complexity index is 409. The molecule has 1 aromatic rings. The number of rotatable bonds is 3. The molecule has 0 aromatic carbocycles. The summed E-state index contributed by atoms with van der Waals surface area (Å²) in [5.74, 6) is 0.833. The highest BCUT2D eigenvalue weighted by Gasteiger charge is 2.33. The van der Waals surface area contributed by atoms with Crippen molar-refractivity contribution in [3.8, 4) is 0 Å². The first-order valence-electron chi connectivity index (χ1n) is 6.90. The molecular formula is C14H22BrCl2N3. The Labute approximate surface area is 141 Å². The van der Waals surface area contributed by atoms with E-state index in [0.29, 0.717) is 6.04 Å². The lowest BCUT2D eigenvalue weighted by Gasteiger charge is -2.43. The standard InChI is InChI=1S/C14H20BrN3.2ClH/c15-13-8-12(9-17-10-13)14(11-2-1-3-11)18-6-4-16-5-7-18;;/h8-11,14,16H,1-7H2;2*1H/t14-;;/m1../s1. The summed E-state index contributed by atoms with van der Waals surface area (Å²) in [6.07, 6.45) is 8.08. The highest BCUT2D eigenvalue weighted by molar-refractivity contribution is 9.10. The second-order valence-corrected chi connectivity index (χ2v) is 6.27. The molecule has 2 heterocycles. The minimum Gasteiger partial charge on any atom is -0.314 e. The predicted octanol–water partition coefficient (Wildman–Crippen LogP) is 3.43. The van der Waals surface area contributed by atoms with E-state index in [2.05, 4.69) is 43.4 Å². The van der Waals surface area contributed by atoms with Crippen molar-refractivity contribution in [2.45, 2.75) is 25.3 Å². The topological polar surface area (TPSA) is 28.2 Å². The van der Waals surface area contributed by atoms with Crippen molar-refractivity contribution in [2.24, 2.45) is 5.92 Å². The van der Waals surface area contributed by atoms with Gasteiger partial charge in [0.05, 0.1) is 0 Å². The molecule has 1 aromatic heterocycles. The molecule has 1 N–H and O–H groups in total. The molecule has 0 unspecified atom stereocenters. The third-order valence-electron chi connectivity index (χ3n) is 4.21. The molecule has 1 saturated heterocycles. The Balaban J connectivity index is 0.000001000. The van der Waals surface area contributed by atoms with E-state index in [4.69, 9.17) is 0 Å². The van der Waals surface area contributed by atoms with Crippen LogP contribution < -0.4 is 5.32 Å². The van der Waals surface area contributed by atoms with Gasteiger partial charge in [-0.3, -0.25) is 9.88 Å². The van der Waals surface area contributed by atoms with Gasteiger partial charge in [-0.25, -0.2) is 0 Å². The summed E-state index contributed by atoms with van der Waals surface area (Å²) in [5, 5.41) is 3.44. The molecular weight excluding hydrogens is 361 g/mol. The van der Waals surface area contributed by atoms with Crippen LogP contribution >= 0.6 is 40.7 Å². The molecule has 6 heteroatoms. The monoisotopic (exact) mass is 381 g/mol. The minimum absolute atomic E-state index is 0. The maximum absolute atomic E-state index is 4.35. The zero-order chi connectivity index (χ0) is 12.4. The van der Waals surface area contributed by atoms with Gasteiger partial charge in [0, 0.05) is 49.1 Å². The Hall–Kier alpha value is 0.130. The van der Waals surface area contributed by atoms with Gasteiger partial charge >= 0.3 is 0 Å². The van der Waals surface area contributed by atoms with Crippen molar-refractivity contribution in [3.05, 3.63) is 28.5 Å². The van der Waals surface area contributed by atoms with Crippen LogP contribution in [0.15, 0.2) is 22.9 Å². The molecule has 0 radical (unpaired) electrons. The van der Waals surface area contributed by atoms with Gasteiger partial charge in [-0.2, -0.15) is 0 Å². The number of nitrogens with one attached hydrogen (secondary N) is 1. The third-order valence-corrected chi connectivity index (χ3v) is 4.64. The van der Waals surface area contributed by atoms with Crippen LogP contribution in [0.5, 0.6) is 0 Å². The van der Waals surface area contributed by atoms with Crippen LogP contribution in [0.3, 0.4) is 0 Å². The highest BCUT2D eigenvalue weighted by atomic mass is 79.9. The summed E-state index contributed by atoms with van der Waals surface area (Å²) >= 11 is 3.55. The van der Waals surface area contributed by atoms with Crippen LogP contribution in [0.4, 0.5) is 0 Å². The molecule has 0 amide bonds. The van der Waals surface area contributed by atoms with E-state index in [-0.39, 0.29) is 24.8 Å². The van der Waals surface area contributed by atoms with Crippen LogP contribution in [0.2, 0.25) is 0 Å². The zero-order valence-electron chi connectivity index (χ0n) is 11.4. The van der Waals surface area contributed by atoms with Crippen molar-refractivity contribution < 1.29 is 0 Å². The van der Waals surface area contributed by atoms with Crippen LogP contribution in [-0.4, -0.2) is 36.1 Å². The molecule has 1 aliphatic carbocycles. The lowest BCUT2D eigenvalue weighted by atomic mass is 9.76. The zero-order valence-corrected chi connectivity index (χ0v) is 14.6. The van der Waals surface area contributed by atoms with E-state index in [0.717, 1.165) is 36.6 Å². The lowest BCUT2D eigenvalue weighted by Crippen LogP contribution is -2.47. The van der Waals surface area contributed by atoms with E-state index in [1.54, 1.807) is 0 Å². The molecule has 0 spiro atoms. The van der Waals surface area contributed by atoms with E-state index < -0.39 is 0 Å². The van der Waals surface area contributed by atoms with E-state index in [1.807, 2.05) is 6.20 Å². The first-order chi connectivity index (χ1) is 8.84. The van der Waals surface area contributed by atoms with Gasteiger partial charge in [-0.1, -0.05) is 6.42 Å². The summed E-state index contributed by atoms with van der Waals surface area (Å²) in [5.41, 5.74) is 1.39. The molecule has 1 saturated carbocycles. The number of hydrogen-bond acceptors (Lipinski definition) is 3. The SMILES string of the molecule is Brc1cncc([C@@H](C2CCC2)N2CCNCC2)c1.Cl.Cl. The first kappa shape index (κ1) is 18.2. The maximum atomic E-state index is 4.35. The summed E-state index contributed by atoms with van der Waals surface area (Å²) < 4.78 is 1.10. The average molecular weight is 383 g/mol. The molecule has 3 rings (SSSR count). The molecule has 20 heavy (non-hydrogen) atoms. The second-order valence-electron chi connectivity index (χ2n) is 5.36. The fourth-order valence-corrected chi connectivity index (χ4v) is 3.47. The van der Waals surface area contributed by atoms with Crippen LogP contribution in [-0.2, 0) is 0 Å². The number of halogens is 3. The second kappa shape index (κ2) is 8.54. The largest absolute Gasteiger partial charge is 0.314 e. The quantitative estimate of drug-likeness (QED) is 0.867. The fraction of sp³-hybridized carbons (Fsp3) is 0.643. The fourth-order valence-electron chi connectivity index (χ4n) is 3.09. The Morgan fingerprint density at radius 3 is 2.45 bits per heavy atom. The van der Waals surface area contributed by atoms with Crippen molar-refractivity contribution in [1.29, 1.82) is 0 Å². The average Bonchev–Trinajstić information content (AvgIpc) is 2.34. The van der Waals surface area contributed by atoms with Crippen molar-refractivity contribution in [2.75, 3.05) is 26.2 Å². The normalized spacial score (nSPS) is 21.2. The van der Waals surface area contributed by atoms with Crippen molar-refractivity contribution in [1.82, 2.24) is 15.2 Å². The first-order valence-corrected chi connectivity index (χ1v) is 7.69. The smallest absolute Gasteiger partial charge is 0.0410 e. The van der Waals surface area contributed by atoms with Gasteiger partial charge in [-0.05, 0) is 46.3 Å². The number of piperazine rings is 1.